The van der Waals surface area contributed by atoms with E-state index in [1.165, 1.54) is 12.8 Å². The Hall–Kier alpha value is -1.79. The van der Waals surface area contributed by atoms with Gasteiger partial charge in [-0.2, -0.15) is 0 Å². The Morgan fingerprint density at radius 2 is 1.94 bits per heavy atom. The number of rotatable bonds is 7. The lowest BCUT2D eigenvalue weighted by molar-refractivity contribution is -0.137. The molecule has 4 N–H and O–H groups in total. The van der Waals surface area contributed by atoms with Gasteiger partial charge in [-0.05, 0) is 12.3 Å². The average Bonchev–Trinajstić information content (AvgIpc) is 2.99. The van der Waals surface area contributed by atoms with Crippen LogP contribution in [0.1, 0.15) is 19.3 Å². The van der Waals surface area contributed by atoms with E-state index in [1.54, 1.807) is 0 Å². The maximum atomic E-state index is 11.6. The molecule has 1 rings (SSSR count). The molecule has 7 nitrogen and oxygen atoms in total. The van der Waals surface area contributed by atoms with Crippen molar-refractivity contribution in [3.63, 3.8) is 0 Å². The van der Waals surface area contributed by atoms with E-state index in [-0.39, 0.29) is 6.54 Å². The Kier molecular flexibility index (Phi) is 4.74. The summed E-state index contributed by atoms with van der Waals surface area (Å²) in [5.41, 5.74) is 4.94. The highest BCUT2D eigenvalue weighted by Crippen LogP contribution is 2.31. The summed E-state index contributed by atoms with van der Waals surface area (Å²) in [6.45, 7) is -0.419. The minimum atomic E-state index is -1.18. The van der Waals surface area contributed by atoms with Gasteiger partial charge < -0.3 is 21.1 Å². The second kappa shape index (κ2) is 6.07. The Balaban J connectivity index is 2.33. The van der Waals surface area contributed by atoms with Gasteiger partial charge in [0.2, 0.25) is 5.91 Å². The molecular weight excluding hydrogens is 226 g/mol. The van der Waals surface area contributed by atoms with Crippen LogP contribution in [0, 0.1) is 5.92 Å². The van der Waals surface area contributed by atoms with Gasteiger partial charge >= 0.3 is 12.0 Å². The van der Waals surface area contributed by atoms with Crippen LogP contribution in [0.15, 0.2) is 0 Å². The fourth-order valence-corrected chi connectivity index (χ4v) is 1.45. The third-order valence-electron chi connectivity index (χ3n) is 2.49. The number of carbonyl (C=O) groups is 3. The van der Waals surface area contributed by atoms with Crippen molar-refractivity contribution < 1.29 is 19.5 Å². The minimum Gasteiger partial charge on any atom is -0.480 e. The minimum absolute atomic E-state index is 0.387. The lowest BCUT2D eigenvalue weighted by Gasteiger charge is -2.19. The fourth-order valence-electron chi connectivity index (χ4n) is 1.45. The molecule has 0 saturated heterocycles. The topological polar surface area (TPSA) is 113 Å². The summed E-state index contributed by atoms with van der Waals surface area (Å²) in [6, 6.07) is -0.563. The Bertz CT molecular complexity index is 299. The van der Waals surface area contributed by atoms with Crippen LogP contribution in [0.25, 0.3) is 0 Å². The van der Waals surface area contributed by atoms with Gasteiger partial charge in [0.05, 0.1) is 0 Å². The van der Waals surface area contributed by atoms with E-state index in [9.17, 15) is 14.4 Å². The van der Waals surface area contributed by atoms with Crippen LogP contribution in [0.5, 0.6) is 0 Å². The van der Waals surface area contributed by atoms with Crippen LogP contribution < -0.4 is 11.1 Å². The number of nitrogens with two attached hydrogens (primary N) is 1. The number of carboxylic acids is 1. The summed E-state index contributed by atoms with van der Waals surface area (Å²) in [5.74, 6) is -1.23. The number of nitrogens with one attached hydrogen (secondary N) is 1. The molecule has 0 heterocycles. The summed E-state index contributed by atoms with van der Waals surface area (Å²) in [4.78, 5) is 33.7. The van der Waals surface area contributed by atoms with Gasteiger partial charge in [0.1, 0.15) is 13.1 Å². The summed E-state index contributed by atoms with van der Waals surface area (Å²) in [6.07, 6.45) is 3.27. The van der Waals surface area contributed by atoms with Crippen molar-refractivity contribution in [3.8, 4) is 0 Å². The normalized spacial score (nSPS) is 14.1. The van der Waals surface area contributed by atoms with Crippen molar-refractivity contribution in [1.29, 1.82) is 0 Å². The van der Waals surface area contributed by atoms with E-state index < -0.39 is 24.5 Å². The standard InChI is InChI=1S/C10H17N3O4/c11-8(14)5-13(6-9(15)16)10(17)12-4-3-7-1-2-7/h7H,1-6H2,(H2,11,14)(H,12,17)(H,15,16). The zero-order chi connectivity index (χ0) is 12.8. The molecule has 1 aliphatic rings. The van der Waals surface area contributed by atoms with E-state index in [2.05, 4.69) is 5.32 Å². The van der Waals surface area contributed by atoms with Crippen LogP contribution in [-0.2, 0) is 9.59 Å². The second-order valence-electron chi connectivity index (χ2n) is 4.18. The lowest BCUT2D eigenvalue weighted by atomic mass is 10.3. The summed E-state index contributed by atoms with van der Waals surface area (Å²) in [5, 5.41) is 11.2. The number of carbonyl (C=O) groups excluding carboxylic acids is 2. The van der Waals surface area contributed by atoms with Crippen molar-refractivity contribution in [3.05, 3.63) is 0 Å². The summed E-state index contributed by atoms with van der Waals surface area (Å²) >= 11 is 0. The highest BCUT2D eigenvalue weighted by molar-refractivity contribution is 5.85. The molecule has 96 valence electrons. The van der Waals surface area contributed by atoms with Gasteiger partial charge in [-0.1, -0.05) is 12.8 Å². The predicted octanol–water partition coefficient (Wildman–Crippen LogP) is -0.632. The van der Waals surface area contributed by atoms with Crippen LogP contribution in [0.3, 0.4) is 0 Å². The van der Waals surface area contributed by atoms with Gasteiger partial charge in [-0.15, -0.1) is 0 Å². The van der Waals surface area contributed by atoms with Gasteiger partial charge in [0.15, 0.2) is 0 Å². The van der Waals surface area contributed by atoms with Gasteiger partial charge in [0, 0.05) is 6.54 Å². The second-order valence-corrected chi connectivity index (χ2v) is 4.18. The first-order valence-corrected chi connectivity index (χ1v) is 5.52. The number of urea groups is 1. The molecule has 1 aliphatic carbocycles. The number of aliphatic carboxylic acids is 1. The molecule has 0 atom stereocenters. The van der Waals surface area contributed by atoms with Crippen molar-refractivity contribution in [1.82, 2.24) is 10.2 Å². The van der Waals surface area contributed by atoms with Crippen molar-refractivity contribution in [2.45, 2.75) is 19.3 Å². The first kappa shape index (κ1) is 13.3. The van der Waals surface area contributed by atoms with Crippen molar-refractivity contribution in [2.24, 2.45) is 11.7 Å². The largest absolute Gasteiger partial charge is 0.480 e. The van der Waals surface area contributed by atoms with E-state index in [1.807, 2.05) is 0 Å². The average molecular weight is 243 g/mol. The molecule has 0 aromatic heterocycles. The fraction of sp³-hybridized carbons (Fsp3) is 0.700. The lowest BCUT2D eigenvalue weighted by Crippen LogP contribution is -2.46. The third-order valence-corrected chi connectivity index (χ3v) is 2.49. The highest BCUT2D eigenvalue weighted by Gasteiger charge is 2.22. The molecule has 1 saturated carbocycles. The van der Waals surface area contributed by atoms with E-state index in [4.69, 9.17) is 10.8 Å². The molecule has 17 heavy (non-hydrogen) atoms. The molecule has 7 heteroatoms. The molecule has 0 aliphatic heterocycles. The maximum absolute atomic E-state index is 11.6. The van der Waals surface area contributed by atoms with E-state index in [0.29, 0.717) is 12.5 Å². The van der Waals surface area contributed by atoms with Gasteiger partial charge in [-0.3, -0.25) is 9.59 Å². The molecule has 1 fully saturated rings. The summed E-state index contributed by atoms with van der Waals surface area (Å²) in [7, 11) is 0. The third kappa shape index (κ3) is 5.74. The van der Waals surface area contributed by atoms with Gasteiger partial charge in [-0.25, -0.2) is 4.79 Å². The molecule has 0 bridgehead atoms. The smallest absolute Gasteiger partial charge is 0.323 e. The van der Waals surface area contributed by atoms with Crippen LogP contribution in [-0.4, -0.2) is 47.5 Å². The molecule has 0 spiro atoms. The van der Waals surface area contributed by atoms with Crippen LogP contribution in [0.2, 0.25) is 0 Å². The zero-order valence-electron chi connectivity index (χ0n) is 9.52. The van der Waals surface area contributed by atoms with Crippen LogP contribution in [0.4, 0.5) is 4.79 Å². The number of carboxylic acid groups (broad SMARTS) is 1. The first-order chi connectivity index (χ1) is 7.99. The van der Waals surface area contributed by atoms with E-state index in [0.717, 1.165) is 11.3 Å². The molecule has 0 radical (unpaired) electrons. The molecule has 0 aromatic carbocycles. The number of amides is 3. The predicted molar refractivity (Wildman–Crippen MR) is 59.1 cm³/mol. The first-order valence-electron chi connectivity index (χ1n) is 5.52. The maximum Gasteiger partial charge on any atom is 0.323 e. The van der Waals surface area contributed by atoms with Crippen LogP contribution >= 0.6 is 0 Å². The number of hydrogen-bond acceptors (Lipinski definition) is 3. The Morgan fingerprint density at radius 3 is 2.41 bits per heavy atom. The van der Waals surface area contributed by atoms with E-state index >= 15 is 0 Å². The van der Waals surface area contributed by atoms with Crippen molar-refractivity contribution >= 4 is 17.9 Å². The number of hydrogen-bond donors (Lipinski definition) is 3. The summed E-state index contributed by atoms with van der Waals surface area (Å²) < 4.78 is 0. The Labute approximate surface area is 98.9 Å². The van der Waals surface area contributed by atoms with Gasteiger partial charge in [0.25, 0.3) is 0 Å². The SMILES string of the molecule is NC(=O)CN(CC(=O)O)C(=O)NCCC1CC1. The zero-order valence-corrected chi connectivity index (χ0v) is 9.52. The molecule has 0 aromatic rings. The quantitative estimate of drug-likeness (QED) is 0.552. The molecule has 0 unspecified atom stereocenters. The molecular formula is C10H17N3O4. The van der Waals surface area contributed by atoms with Crippen molar-refractivity contribution in [2.75, 3.05) is 19.6 Å². The monoisotopic (exact) mass is 243 g/mol. The Morgan fingerprint density at radius 1 is 1.29 bits per heavy atom. The number of nitrogens with zero attached hydrogens (tertiary/aromatic N) is 1. The number of primary amides is 1. The molecule has 3 amide bonds. The highest BCUT2D eigenvalue weighted by atomic mass is 16.4.